The first-order chi connectivity index (χ1) is 9.47. The molecule has 20 heavy (non-hydrogen) atoms. The normalized spacial score (nSPS) is 12.4. The molecular weight excluding hydrogens is 310 g/mol. The van der Waals surface area contributed by atoms with Gasteiger partial charge in [0.25, 0.3) is 0 Å². The molecule has 0 heterocycles. The Bertz CT molecular complexity index is 604. The summed E-state index contributed by atoms with van der Waals surface area (Å²) in [5.74, 6) is 0. The van der Waals surface area contributed by atoms with Crippen molar-refractivity contribution in [2.24, 2.45) is 0 Å². The summed E-state index contributed by atoms with van der Waals surface area (Å²) in [6, 6.07) is 13.4. The zero-order chi connectivity index (χ0) is 14.7. The van der Waals surface area contributed by atoms with Crippen molar-refractivity contribution >= 4 is 15.9 Å². The zero-order valence-corrected chi connectivity index (χ0v) is 14.2. The number of halogens is 1. The molecule has 1 N–H and O–H groups in total. The fourth-order valence-electron chi connectivity index (χ4n) is 2.37. The van der Waals surface area contributed by atoms with Crippen LogP contribution in [0, 0.1) is 20.8 Å². The first kappa shape index (κ1) is 15.3. The maximum Gasteiger partial charge on any atom is 0.0295 e. The van der Waals surface area contributed by atoms with Gasteiger partial charge in [0.15, 0.2) is 0 Å². The SMILES string of the molecule is Cc1cc(C)c(CNC(C)c2cccc(Br)c2)cc1C. The Balaban J connectivity index is 2.07. The lowest BCUT2D eigenvalue weighted by Crippen LogP contribution is -2.18. The van der Waals surface area contributed by atoms with Crippen molar-refractivity contribution in [1.29, 1.82) is 0 Å². The van der Waals surface area contributed by atoms with Crippen molar-refractivity contribution in [3.63, 3.8) is 0 Å². The molecule has 2 heteroatoms. The van der Waals surface area contributed by atoms with Crippen LogP contribution < -0.4 is 5.32 Å². The highest BCUT2D eigenvalue weighted by atomic mass is 79.9. The molecule has 0 spiro atoms. The van der Waals surface area contributed by atoms with E-state index in [4.69, 9.17) is 0 Å². The van der Waals surface area contributed by atoms with Crippen LogP contribution in [0.3, 0.4) is 0 Å². The third-order valence-electron chi connectivity index (χ3n) is 3.90. The quantitative estimate of drug-likeness (QED) is 0.809. The second kappa shape index (κ2) is 6.55. The maximum atomic E-state index is 3.61. The van der Waals surface area contributed by atoms with E-state index in [2.05, 4.69) is 85.3 Å². The smallest absolute Gasteiger partial charge is 0.0295 e. The first-order valence-corrected chi connectivity index (χ1v) is 7.82. The number of benzene rings is 2. The molecular formula is C18H22BrN. The molecule has 1 unspecified atom stereocenters. The molecule has 0 saturated heterocycles. The molecule has 0 saturated carbocycles. The van der Waals surface area contributed by atoms with E-state index in [1.165, 1.54) is 27.8 Å². The Labute approximate surface area is 130 Å². The Morgan fingerprint density at radius 2 is 1.70 bits per heavy atom. The highest BCUT2D eigenvalue weighted by molar-refractivity contribution is 9.10. The van der Waals surface area contributed by atoms with E-state index in [0.717, 1.165) is 11.0 Å². The third-order valence-corrected chi connectivity index (χ3v) is 4.39. The van der Waals surface area contributed by atoms with Crippen LogP contribution in [0.2, 0.25) is 0 Å². The summed E-state index contributed by atoms with van der Waals surface area (Å²) < 4.78 is 1.13. The molecule has 0 aliphatic rings. The van der Waals surface area contributed by atoms with Crippen LogP contribution in [0.25, 0.3) is 0 Å². The molecule has 2 aromatic carbocycles. The molecule has 0 aliphatic carbocycles. The second-order valence-electron chi connectivity index (χ2n) is 5.52. The molecule has 0 fully saturated rings. The van der Waals surface area contributed by atoms with Gasteiger partial charge in [0.05, 0.1) is 0 Å². The number of nitrogens with one attached hydrogen (secondary N) is 1. The molecule has 106 valence electrons. The highest BCUT2D eigenvalue weighted by Crippen LogP contribution is 2.20. The van der Waals surface area contributed by atoms with Crippen molar-refractivity contribution in [3.05, 3.63) is 68.7 Å². The lowest BCUT2D eigenvalue weighted by Gasteiger charge is -2.17. The van der Waals surface area contributed by atoms with Crippen molar-refractivity contribution in [3.8, 4) is 0 Å². The zero-order valence-electron chi connectivity index (χ0n) is 12.6. The van der Waals surface area contributed by atoms with E-state index in [1.807, 2.05) is 0 Å². The standard InChI is InChI=1S/C18H22BrN/c1-12-8-14(3)17(9-13(12)2)11-20-15(4)16-6-5-7-18(19)10-16/h5-10,15,20H,11H2,1-4H3. The highest BCUT2D eigenvalue weighted by Gasteiger charge is 2.07. The maximum absolute atomic E-state index is 3.61. The van der Waals surface area contributed by atoms with Gasteiger partial charge in [-0.05, 0) is 67.6 Å². The van der Waals surface area contributed by atoms with Crippen LogP contribution in [-0.2, 0) is 6.54 Å². The largest absolute Gasteiger partial charge is 0.306 e. The van der Waals surface area contributed by atoms with Gasteiger partial charge in [0.1, 0.15) is 0 Å². The Kier molecular flexibility index (Phi) is 5.00. The van der Waals surface area contributed by atoms with Gasteiger partial charge in [0, 0.05) is 17.1 Å². The molecule has 0 aromatic heterocycles. The van der Waals surface area contributed by atoms with Crippen LogP contribution in [-0.4, -0.2) is 0 Å². The van der Waals surface area contributed by atoms with Gasteiger partial charge in [-0.3, -0.25) is 0 Å². The molecule has 0 bridgehead atoms. The molecule has 0 aliphatic heterocycles. The Morgan fingerprint density at radius 3 is 2.40 bits per heavy atom. The van der Waals surface area contributed by atoms with Crippen LogP contribution in [0.4, 0.5) is 0 Å². The van der Waals surface area contributed by atoms with E-state index in [9.17, 15) is 0 Å². The van der Waals surface area contributed by atoms with Gasteiger partial charge in [-0.15, -0.1) is 0 Å². The van der Waals surface area contributed by atoms with Crippen LogP contribution >= 0.6 is 15.9 Å². The van der Waals surface area contributed by atoms with Gasteiger partial charge in [-0.1, -0.05) is 40.2 Å². The van der Waals surface area contributed by atoms with Crippen LogP contribution in [0.5, 0.6) is 0 Å². The van der Waals surface area contributed by atoms with E-state index in [-0.39, 0.29) is 0 Å². The molecule has 2 rings (SSSR count). The minimum atomic E-state index is 0.341. The fourth-order valence-corrected chi connectivity index (χ4v) is 2.78. The summed E-state index contributed by atoms with van der Waals surface area (Å²) in [5, 5.41) is 3.61. The van der Waals surface area contributed by atoms with Gasteiger partial charge in [0.2, 0.25) is 0 Å². The van der Waals surface area contributed by atoms with Crippen molar-refractivity contribution in [2.45, 2.75) is 40.3 Å². The van der Waals surface area contributed by atoms with Crippen LogP contribution in [0.15, 0.2) is 40.9 Å². The molecule has 1 atom stereocenters. The third kappa shape index (κ3) is 3.71. The van der Waals surface area contributed by atoms with Gasteiger partial charge in [-0.2, -0.15) is 0 Å². The minimum Gasteiger partial charge on any atom is -0.306 e. The average molecular weight is 332 g/mol. The summed E-state index contributed by atoms with van der Waals surface area (Å²) in [5.41, 5.74) is 6.78. The molecule has 0 radical (unpaired) electrons. The Hall–Kier alpha value is -1.12. The fraction of sp³-hybridized carbons (Fsp3) is 0.333. The molecule has 2 aromatic rings. The summed E-state index contributed by atoms with van der Waals surface area (Å²) in [6.07, 6.45) is 0. The van der Waals surface area contributed by atoms with Gasteiger partial charge >= 0.3 is 0 Å². The number of hydrogen-bond acceptors (Lipinski definition) is 1. The predicted molar refractivity (Wildman–Crippen MR) is 90.0 cm³/mol. The van der Waals surface area contributed by atoms with Crippen LogP contribution in [0.1, 0.15) is 40.8 Å². The average Bonchev–Trinajstić information content (AvgIpc) is 2.41. The van der Waals surface area contributed by atoms with Gasteiger partial charge < -0.3 is 5.32 Å². The summed E-state index contributed by atoms with van der Waals surface area (Å²) in [6.45, 7) is 9.64. The van der Waals surface area contributed by atoms with Crippen molar-refractivity contribution in [1.82, 2.24) is 5.32 Å². The number of aryl methyl sites for hydroxylation is 3. The van der Waals surface area contributed by atoms with E-state index < -0.39 is 0 Å². The summed E-state index contributed by atoms with van der Waals surface area (Å²) >= 11 is 3.53. The minimum absolute atomic E-state index is 0.341. The predicted octanol–water partition coefficient (Wildman–Crippen LogP) is 5.23. The Morgan fingerprint density at radius 1 is 1.00 bits per heavy atom. The first-order valence-electron chi connectivity index (χ1n) is 7.03. The molecule has 0 amide bonds. The lowest BCUT2D eigenvalue weighted by atomic mass is 10.0. The van der Waals surface area contributed by atoms with E-state index in [0.29, 0.717) is 6.04 Å². The number of hydrogen-bond donors (Lipinski definition) is 1. The number of rotatable bonds is 4. The summed E-state index contributed by atoms with van der Waals surface area (Å²) in [4.78, 5) is 0. The van der Waals surface area contributed by atoms with Gasteiger partial charge in [-0.25, -0.2) is 0 Å². The monoisotopic (exact) mass is 331 g/mol. The summed E-state index contributed by atoms with van der Waals surface area (Å²) in [7, 11) is 0. The topological polar surface area (TPSA) is 12.0 Å². The molecule has 1 nitrogen and oxygen atoms in total. The lowest BCUT2D eigenvalue weighted by molar-refractivity contribution is 0.573. The van der Waals surface area contributed by atoms with E-state index in [1.54, 1.807) is 0 Å². The van der Waals surface area contributed by atoms with E-state index >= 15 is 0 Å². The second-order valence-corrected chi connectivity index (χ2v) is 6.44. The van der Waals surface area contributed by atoms with Crippen molar-refractivity contribution in [2.75, 3.05) is 0 Å². The van der Waals surface area contributed by atoms with Crippen molar-refractivity contribution < 1.29 is 0 Å².